The van der Waals surface area contributed by atoms with Gasteiger partial charge in [-0.05, 0) is 30.2 Å². The van der Waals surface area contributed by atoms with Gasteiger partial charge in [0.15, 0.2) is 0 Å². The van der Waals surface area contributed by atoms with Crippen LogP contribution in [0.1, 0.15) is 54.4 Å². The summed E-state index contributed by atoms with van der Waals surface area (Å²) in [5.74, 6) is 1.62. The molecule has 0 aliphatic heterocycles. The van der Waals surface area contributed by atoms with Crippen LogP contribution in [0.25, 0.3) is 0 Å². The fourth-order valence-electron chi connectivity index (χ4n) is 2.44. The van der Waals surface area contributed by atoms with Gasteiger partial charge in [0.05, 0.1) is 0 Å². The van der Waals surface area contributed by atoms with Crippen LogP contribution >= 0.6 is 0 Å². The van der Waals surface area contributed by atoms with E-state index in [4.69, 9.17) is 0 Å². The Kier molecular flexibility index (Phi) is 3.20. The van der Waals surface area contributed by atoms with Gasteiger partial charge in [-0.1, -0.05) is 44.0 Å². The Labute approximate surface area is 91.5 Å². The van der Waals surface area contributed by atoms with E-state index < -0.39 is 0 Å². The molecule has 0 spiro atoms. The molecule has 0 unspecified atom stereocenters. The highest BCUT2D eigenvalue weighted by atomic mass is 16.1. The summed E-state index contributed by atoms with van der Waals surface area (Å²) in [6, 6.07) is 8.09. The summed E-state index contributed by atoms with van der Waals surface area (Å²) in [5, 5.41) is 0. The molecule has 0 saturated heterocycles. The predicted molar refractivity (Wildman–Crippen MR) is 62.2 cm³/mol. The van der Waals surface area contributed by atoms with Crippen molar-refractivity contribution >= 4 is 6.29 Å². The second kappa shape index (κ2) is 4.61. The molecule has 1 nitrogen and oxygen atoms in total. The van der Waals surface area contributed by atoms with Gasteiger partial charge in [0, 0.05) is 5.56 Å². The van der Waals surface area contributed by atoms with Crippen LogP contribution in [-0.2, 0) is 0 Å². The number of carbonyl (C=O) groups is 1. The van der Waals surface area contributed by atoms with E-state index in [0.29, 0.717) is 0 Å². The van der Waals surface area contributed by atoms with Gasteiger partial charge in [-0.15, -0.1) is 0 Å². The molecule has 0 bridgehead atoms. The molecule has 0 radical (unpaired) electrons. The largest absolute Gasteiger partial charge is 0.298 e. The number of carbonyl (C=O) groups excluding carboxylic acids is 1. The Morgan fingerprint density at radius 1 is 1.07 bits per heavy atom. The zero-order valence-corrected chi connectivity index (χ0v) is 9.28. The molecule has 0 atom stereocenters. The third-order valence-electron chi connectivity index (χ3n) is 3.56. The number of aldehydes is 1. The van der Waals surface area contributed by atoms with Crippen molar-refractivity contribution in [2.75, 3.05) is 0 Å². The molecule has 0 N–H and O–H groups in total. The van der Waals surface area contributed by atoms with Crippen LogP contribution in [0.4, 0.5) is 0 Å². The molecule has 15 heavy (non-hydrogen) atoms. The third kappa shape index (κ3) is 2.47. The highest BCUT2D eigenvalue weighted by molar-refractivity contribution is 5.74. The van der Waals surface area contributed by atoms with E-state index in [9.17, 15) is 4.79 Å². The lowest BCUT2D eigenvalue weighted by Gasteiger charge is -2.26. The summed E-state index contributed by atoms with van der Waals surface area (Å²) in [6.07, 6.45) is 6.22. The lowest BCUT2D eigenvalue weighted by Crippen LogP contribution is -2.10. The molecule has 1 aliphatic carbocycles. The van der Waals surface area contributed by atoms with Gasteiger partial charge in [0.1, 0.15) is 6.29 Å². The first kappa shape index (κ1) is 10.4. The van der Waals surface area contributed by atoms with Gasteiger partial charge in [-0.3, -0.25) is 4.79 Å². The fourth-order valence-corrected chi connectivity index (χ4v) is 2.44. The molecular weight excluding hydrogens is 184 g/mol. The minimum absolute atomic E-state index is 0.724. The summed E-state index contributed by atoms with van der Waals surface area (Å²) in [4.78, 5) is 10.5. The summed E-state index contributed by atoms with van der Waals surface area (Å²) >= 11 is 0. The second-order valence-electron chi connectivity index (χ2n) is 4.74. The average molecular weight is 202 g/mol. The van der Waals surface area contributed by atoms with E-state index in [0.717, 1.165) is 23.7 Å². The first-order valence-corrected chi connectivity index (χ1v) is 5.84. The highest BCUT2D eigenvalue weighted by Crippen LogP contribution is 2.35. The van der Waals surface area contributed by atoms with E-state index >= 15 is 0 Å². The van der Waals surface area contributed by atoms with Crippen LogP contribution in [-0.4, -0.2) is 6.29 Å². The monoisotopic (exact) mass is 202 g/mol. The number of rotatable bonds is 2. The maximum absolute atomic E-state index is 10.5. The van der Waals surface area contributed by atoms with Crippen LogP contribution in [0.3, 0.4) is 0 Å². The predicted octanol–water partition coefficient (Wildman–Crippen LogP) is 3.79. The van der Waals surface area contributed by atoms with Crippen molar-refractivity contribution in [3.05, 3.63) is 35.4 Å². The highest BCUT2D eigenvalue weighted by Gasteiger charge is 2.19. The van der Waals surface area contributed by atoms with E-state index in [2.05, 4.69) is 19.1 Å². The van der Waals surface area contributed by atoms with Crippen molar-refractivity contribution in [1.82, 2.24) is 0 Å². The maximum atomic E-state index is 10.5. The van der Waals surface area contributed by atoms with Gasteiger partial charge in [-0.25, -0.2) is 0 Å². The normalized spacial score (nSPS) is 26.2. The Bertz CT molecular complexity index is 318. The van der Waals surface area contributed by atoms with Crippen LogP contribution in [0, 0.1) is 5.92 Å². The molecule has 1 saturated carbocycles. The van der Waals surface area contributed by atoms with Crippen molar-refractivity contribution in [2.45, 2.75) is 38.5 Å². The Morgan fingerprint density at radius 2 is 1.67 bits per heavy atom. The molecule has 0 aromatic heterocycles. The second-order valence-corrected chi connectivity index (χ2v) is 4.74. The molecule has 80 valence electrons. The molecule has 1 aliphatic rings. The summed E-state index contributed by atoms with van der Waals surface area (Å²) in [7, 11) is 0. The molecule has 1 aromatic carbocycles. The van der Waals surface area contributed by atoms with Crippen molar-refractivity contribution in [2.24, 2.45) is 5.92 Å². The van der Waals surface area contributed by atoms with E-state index in [1.807, 2.05) is 12.1 Å². The fraction of sp³-hybridized carbons (Fsp3) is 0.500. The minimum atomic E-state index is 0.724. The van der Waals surface area contributed by atoms with Crippen LogP contribution in [0.15, 0.2) is 24.3 Å². The summed E-state index contributed by atoms with van der Waals surface area (Å²) in [6.45, 7) is 2.34. The molecule has 1 aromatic rings. The standard InChI is InChI=1S/C14H18O/c1-11-2-6-13(7-3-11)14-8-4-12(10-15)5-9-14/h4-5,8-11,13H,2-3,6-7H2,1H3. The maximum Gasteiger partial charge on any atom is 0.150 e. The number of hydrogen-bond acceptors (Lipinski definition) is 1. The molecule has 2 rings (SSSR count). The minimum Gasteiger partial charge on any atom is -0.298 e. The van der Waals surface area contributed by atoms with Gasteiger partial charge in [0.2, 0.25) is 0 Å². The smallest absolute Gasteiger partial charge is 0.150 e. The van der Waals surface area contributed by atoms with Crippen LogP contribution < -0.4 is 0 Å². The van der Waals surface area contributed by atoms with Gasteiger partial charge in [0.25, 0.3) is 0 Å². The first-order chi connectivity index (χ1) is 7.29. The zero-order valence-electron chi connectivity index (χ0n) is 9.28. The molecule has 0 heterocycles. The topological polar surface area (TPSA) is 17.1 Å². The van der Waals surface area contributed by atoms with E-state index in [1.165, 1.54) is 31.2 Å². The van der Waals surface area contributed by atoms with Crippen molar-refractivity contribution in [3.8, 4) is 0 Å². The Morgan fingerprint density at radius 3 is 2.20 bits per heavy atom. The number of hydrogen-bond donors (Lipinski definition) is 0. The Hall–Kier alpha value is -1.11. The average Bonchev–Trinajstić information content (AvgIpc) is 2.30. The SMILES string of the molecule is CC1CCC(c2ccc(C=O)cc2)CC1. The van der Waals surface area contributed by atoms with E-state index in [1.54, 1.807) is 0 Å². The molecule has 1 fully saturated rings. The van der Waals surface area contributed by atoms with Gasteiger partial charge < -0.3 is 0 Å². The van der Waals surface area contributed by atoms with Crippen molar-refractivity contribution in [1.29, 1.82) is 0 Å². The Balaban J connectivity index is 2.06. The van der Waals surface area contributed by atoms with Crippen LogP contribution in [0.5, 0.6) is 0 Å². The number of benzene rings is 1. The molecular formula is C14H18O. The van der Waals surface area contributed by atoms with Gasteiger partial charge >= 0.3 is 0 Å². The first-order valence-electron chi connectivity index (χ1n) is 5.84. The lowest BCUT2D eigenvalue weighted by molar-refractivity contribution is 0.112. The quantitative estimate of drug-likeness (QED) is 0.667. The van der Waals surface area contributed by atoms with Crippen molar-refractivity contribution < 1.29 is 4.79 Å². The molecule has 1 heteroatoms. The summed E-state index contributed by atoms with van der Waals surface area (Å²) < 4.78 is 0. The van der Waals surface area contributed by atoms with Crippen molar-refractivity contribution in [3.63, 3.8) is 0 Å². The van der Waals surface area contributed by atoms with Gasteiger partial charge in [-0.2, -0.15) is 0 Å². The third-order valence-corrected chi connectivity index (χ3v) is 3.56. The van der Waals surface area contributed by atoms with Crippen LogP contribution in [0.2, 0.25) is 0 Å². The van der Waals surface area contributed by atoms with E-state index in [-0.39, 0.29) is 0 Å². The molecule has 0 amide bonds. The zero-order chi connectivity index (χ0) is 10.7. The lowest BCUT2D eigenvalue weighted by atomic mass is 9.79. The summed E-state index contributed by atoms with van der Waals surface area (Å²) in [5.41, 5.74) is 2.19.